The molecule has 0 bridgehead atoms. The van der Waals surface area contributed by atoms with Crippen LogP contribution in [0.3, 0.4) is 0 Å². The van der Waals surface area contributed by atoms with Crippen LogP contribution in [0.25, 0.3) is 11.3 Å². The second kappa shape index (κ2) is 7.29. The number of fused-ring (bicyclic) bond motifs is 10. The van der Waals surface area contributed by atoms with Crippen molar-refractivity contribution >= 4 is 5.57 Å². The first-order valence-electron chi connectivity index (χ1n) is 13.2. The number of allylic oxidation sites excluding steroid dienone is 2. The second-order valence-corrected chi connectivity index (χ2v) is 11.6. The Hall–Kier alpha value is -3.51. The number of alkyl halides is 1. The van der Waals surface area contributed by atoms with Crippen molar-refractivity contribution in [2.24, 2.45) is 0 Å². The maximum absolute atomic E-state index is 16.2. The molecule has 5 heterocycles. The number of nitrogens with one attached hydrogen (secondary N) is 1. The normalized spacial score (nSPS) is 25.1. The van der Waals surface area contributed by atoms with Gasteiger partial charge in [-0.1, -0.05) is 31.2 Å². The number of para-hydroxylation sites is 1. The fourth-order valence-corrected chi connectivity index (χ4v) is 7.04. The van der Waals surface area contributed by atoms with E-state index in [0.717, 1.165) is 47.6 Å². The quantitative estimate of drug-likeness (QED) is 0.364. The summed E-state index contributed by atoms with van der Waals surface area (Å²) in [5, 5.41) is 5.38. The summed E-state index contributed by atoms with van der Waals surface area (Å²) in [6.07, 6.45) is 8.37. The fourth-order valence-electron chi connectivity index (χ4n) is 7.04. The third kappa shape index (κ3) is 2.82. The average Bonchev–Trinajstić information content (AvgIpc) is 3.58. The third-order valence-electron chi connectivity index (χ3n) is 9.00. The molecule has 6 heteroatoms. The number of hydrogen-bond donors (Lipinski definition) is 1. The van der Waals surface area contributed by atoms with E-state index in [9.17, 15) is 0 Å². The topological polar surface area (TPSA) is 49.7 Å². The van der Waals surface area contributed by atoms with E-state index in [0.29, 0.717) is 5.69 Å². The average molecular weight is 494 g/mol. The molecule has 0 saturated carbocycles. The zero-order chi connectivity index (χ0) is 25.7. The SMILES string of the molecule is CCc1cccc2c1-n1nc3c(c1C1(C)C2=CC(C)(F)c2[nH]ccc21)CN(Cc1cccnc1)C3(C)C. The summed E-state index contributed by atoms with van der Waals surface area (Å²) >= 11 is 0. The van der Waals surface area contributed by atoms with E-state index in [2.05, 4.69) is 77.6 Å². The van der Waals surface area contributed by atoms with Crippen LogP contribution in [-0.2, 0) is 36.1 Å². The maximum Gasteiger partial charge on any atom is 0.166 e. The molecule has 3 aromatic heterocycles. The Labute approximate surface area is 217 Å². The molecule has 1 aliphatic carbocycles. The number of hydrogen-bond acceptors (Lipinski definition) is 3. The van der Waals surface area contributed by atoms with Crippen molar-refractivity contribution in [1.29, 1.82) is 0 Å². The molecule has 1 aromatic carbocycles. The van der Waals surface area contributed by atoms with E-state index in [1.807, 2.05) is 30.7 Å². The van der Waals surface area contributed by atoms with Gasteiger partial charge in [0.05, 0.1) is 33.7 Å². The van der Waals surface area contributed by atoms with Gasteiger partial charge < -0.3 is 4.98 Å². The number of aromatic nitrogens is 4. The Bertz CT molecular complexity index is 1590. The van der Waals surface area contributed by atoms with Crippen LogP contribution in [0.5, 0.6) is 0 Å². The van der Waals surface area contributed by atoms with Crippen LogP contribution in [0.4, 0.5) is 4.39 Å². The van der Waals surface area contributed by atoms with Crippen LogP contribution in [0, 0.1) is 0 Å². The number of H-pyrrole nitrogens is 1. The molecule has 4 aromatic rings. The van der Waals surface area contributed by atoms with E-state index < -0.39 is 11.1 Å². The van der Waals surface area contributed by atoms with Crippen LogP contribution in [0.1, 0.15) is 79.5 Å². The number of aryl methyl sites for hydroxylation is 1. The molecule has 7 rings (SSSR count). The molecule has 0 saturated heterocycles. The Morgan fingerprint density at radius 3 is 2.68 bits per heavy atom. The largest absolute Gasteiger partial charge is 0.362 e. The lowest BCUT2D eigenvalue weighted by molar-refractivity contribution is 0.122. The summed E-state index contributed by atoms with van der Waals surface area (Å²) in [5.41, 5.74) is 8.43. The molecular weight excluding hydrogens is 461 g/mol. The van der Waals surface area contributed by atoms with Gasteiger partial charge in [-0.2, -0.15) is 5.10 Å². The first-order chi connectivity index (χ1) is 17.7. The summed E-state index contributed by atoms with van der Waals surface area (Å²) in [7, 11) is 0. The van der Waals surface area contributed by atoms with E-state index in [4.69, 9.17) is 5.10 Å². The van der Waals surface area contributed by atoms with Gasteiger partial charge >= 0.3 is 0 Å². The standard InChI is InChI=1S/C31H32FN5/c1-6-20-10-7-11-21-24-15-30(4,32)27-23(12-14-34-27)31(24,5)28-22-18-36(17-19-9-8-13-33-16-19)29(2,3)26(22)35-37(28)25(20)21/h7-16,34H,6,17-18H2,1-5H3. The van der Waals surface area contributed by atoms with Gasteiger partial charge in [0.25, 0.3) is 0 Å². The van der Waals surface area contributed by atoms with Gasteiger partial charge in [0.2, 0.25) is 0 Å². The summed E-state index contributed by atoms with van der Waals surface area (Å²) in [6.45, 7) is 12.2. The van der Waals surface area contributed by atoms with Crippen LogP contribution >= 0.6 is 0 Å². The molecule has 0 spiro atoms. The lowest BCUT2D eigenvalue weighted by Crippen LogP contribution is -2.41. The predicted molar refractivity (Wildman–Crippen MR) is 143 cm³/mol. The summed E-state index contributed by atoms with van der Waals surface area (Å²) < 4.78 is 18.4. The molecule has 0 radical (unpaired) electrons. The van der Waals surface area contributed by atoms with Crippen molar-refractivity contribution < 1.29 is 4.39 Å². The maximum atomic E-state index is 16.2. The minimum atomic E-state index is -1.58. The highest BCUT2D eigenvalue weighted by molar-refractivity contribution is 5.89. The van der Waals surface area contributed by atoms with Crippen LogP contribution in [-0.4, -0.2) is 24.6 Å². The molecule has 37 heavy (non-hydrogen) atoms. The number of benzene rings is 1. The molecular formula is C31H32FN5. The second-order valence-electron chi connectivity index (χ2n) is 11.6. The van der Waals surface area contributed by atoms with E-state index in [1.165, 1.54) is 22.4 Å². The van der Waals surface area contributed by atoms with Crippen molar-refractivity contribution in [1.82, 2.24) is 24.6 Å². The van der Waals surface area contributed by atoms with Crippen molar-refractivity contribution in [2.45, 2.75) is 70.8 Å². The Morgan fingerprint density at radius 2 is 1.92 bits per heavy atom. The number of nitrogens with zero attached hydrogens (tertiary/aromatic N) is 4. The number of pyridine rings is 1. The Kier molecular flexibility index (Phi) is 4.46. The van der Waals surface area contributed by atoms with Gasteiger partial charge in [-0.3, -0.25) is 9.88 Å². The fraction of sp³-hybridized carbons (Fsp3) is 0.355. The van der Waals surface area contributed by atoms with E-state index >= 15 is 4.39 Å². The van der Waals surface area contributed by atoms with Gasteiger partial charge in [-0.15, -0.1) is 0 Å². The first kappa shape index (κ1) is 22.7. The van der Waals surface area contributed by atoms with Gasteiger partial charge in [0.15, 0.2) is 5.67 Å². The lowest BCUT2D eigenvalue weighted by Gasteiger charge is -2.44. The van der Waals surface area contributed by atoms with Crippen LogP contribution in [0.15, 0.2) is 61.1 Å². The zero-order valence-electron chi connectivity index (χ0n) is 22.1. The highest BCUT2D eigenvalue weighted by Gasteiger charge is 2.54. The lowest BCUT2D eigenvalue weighted by atomic mass is 9.62. The Morgan fingerprint density at radius 1 is 1.08 bits per heavy atom. The number of halogens is 1. The van der Waals surface area contributed by atoms with Crippen LogP contribution in [0.2, 0.25) is 0 Å². The zero-order valence-corrected chi connectivity index (χ0v) is 22.1. The molecule has 3 aliphatic rings. The third-order valence-corrected chi connectivity index (χ3v) is 9.00. The highest BCUT2D eigenvalue weighted by Crippen LogP contribution is 2.59. The van der Waals surface area contributed by atoms with Crippen LogP contribution < -0.4 is 0 Å². The minimum Gasteiger partial charge on any atom is -0.362 e. The smallest absolute Gasteiger partial charge is 0.166 e. The summed E-state index contributed by atoms with van der Waals surface area (Å²) in [4.78, 5) is 10.0. The van der Waals surface area contributed by atoms with E-state index in [-0.39, 0.29) is 5.54 Å². The Balaban J connectivity index is 1.51. The molecule has 2 atom stereocenters. The minimum absolute atomic E-state index is 0.263. The van der Waals surface area contributed by atoms with E-state index in [1.54, 1.807) is 6.92 Å². The monoisotopic (exact) mass is 493 g/mol. The van der Waals surface area contributed by atoms with Crippen molar-refractivity contribution in [3.63, 3.8) is 0 Å². The van der Waals surface area contributed by atoms with Gasteiger partial charge in [0, 0.05) is 42.8 Å². The van der Waals surface area contributed by atoms with Gasteiger partial charge in [0.1, 0.15) is 0 Å². The van der Waals surface area contributed by atoms with Crippen molar-refractivity contribution in [3.8, 4) is 5.69 Å². The predicted octanol–water partition coefficient (Wildman–Crippen LogP) is 6.31. The van der Waals surface area contributed by atoms with Gasteiger partial charge in [-0.05, 0) is 74.6 Å². The first-order valence-corrected chi connectivity index (χ1v) is 13.2. The van der Waals surface area contributed by atoms with Crippen molar-refractivity contribution in [2.75, 3.05) is 0 Å². The molecule has 1 N–H and O–H groups in total. The van der Waals surface area contributed by atoms with Crippen molar-refractivity contribution in [3.05, 3.63) is 106 Å². The molecule has 2 aliphatic heterocycles. The molecule has 5 nitrogen and oxygen atoms in total. The molecule has 0 fully saturated rings. The number of rotatable bonds is 3. The summed E-state index contributed by atoms with van der Waals surface area (Å²) in [6, 6.07) is 12.6. The van der Waals surface area contributed by atoms with Gasteiger partial charge in [-0.25, -0.2) is 9.07 Å². The highest BCUT2D eigenvalue weighted by atomic mass is 19.1. The molecule has 2 unspecified atom stereocenters. The molecule has 188 valence electrons. The summed E-state index contributed by atoms with van der Waals surface area (Å²) in [5.74, 6) is 0. The molecule has 0 amide bonds. The number of aromatic amines is 1.